The summed E-state index contributed by atoms with van der Waals surface area (Å²) >= 11 is 0. The van der Waals surface area contributed by atoms with Crippen LogP contribution < -0.4 is 15.0 Å². The maximum absolute atomic E-state index is 5.41. The Labute approximate surface area is 116 Å². The van der Waals surface area contributed by atoms with E-state index in [0.717, 1.165) is 44.0 Å². The molecule has 0 bridgehead atoms. The first-order chi connectivity index (χ1) is 9.22. The standard InChI is InChI=1S/C15H25N3O/c1-17-11-9-16-12-13(17)8-10-18(2)14-6-4-5-7-15(14)19-3/h4-7,13,16H,8-12H2,1-3H3. The minimum Gasteiger partial charge on any atom is -0.495 e. The monoisotopic (exact) mass is 263 g/mol. The zero-order chi connectivity index (χ0) is 13.7. The Hall–Kier alpha value is -1.26. The SMILES string of the molecule is COc1ccccc1N(C)CCC1CNCCN1C. The van der Waals surface area contributed by atoms with E-state index in [4.69, 9.17) is 4.74 Å². The number of methoxy groups -OCH3 is 1. The van der Waals surface area contributed by atoms with E-state index in [2.05, 4.69) is 41.3 Å². The van der Waals surface area contributed by atoms with Crippen molar-refractivity contribution < 1.29 is 4.74 Å². The smallest absolute Gasteiger partial charge is 0.142 e. The predicted octanol–water partition coefficient (Wildman–Crippen LogP) is 1.43. The third-order valence-electron chi connectivity index (χ3n) is 3.94. The Morgan fingerprint density at radius 2 is 2.21 bits per heavy atom. The number of benzene rings is 1. The van der Waals surface area contributed by atoms with Crippen molar-refractivity contribution in [3.05, 3.63) is 24.3 Å². The average Bonchev–Trinajstić information content (AvgIpc) is 2.46. The van der Waals surface area contributed by atoms with Gasteiger partial charge in [0.1, 0.15) is 5.75 Å². The maximum atomic E-state index is 5.41. The highest BCUT2D eigenvalue weighted by Crippen LogP contribution is 2.26. The number of ether oxygens (including phenoxy) is 1. The lowest BCUT2D eigenvalue weighted by atomic mass is 10.1. The zero-order valence-corrected chi connectivity index (χ0v) is 12.2. The van der Waals surface area contributed by atoms with E-state index in [1.165, 1.54) is 0 Å². The van der Waals surface area contributed by atoms with Crippen LogP contribution in [0.1, 0.15) is 6.42 Å². The van der Waals surface area contributed by atoms with Gasteiger partial charge >= 0.3 is 0 Å². The number of anilines is 1. The lowest BCUT2D eigenvalue weighted by Crippen LogP contribution is -2.50. The second-order valence-electron chi connectivity index (χ2n) is 5.22. The highest BCUT2D eigenvalue weighted by atomic mass is 16.5. The van der Waals surface area contributed by atoms with Gasteiger partial charge in [-0.25, -0.2) is 0 Å². The fraction of sp³-hybridized carbons (Fsp3) is 0.600. The molecule has 1 aliphatic rings. The quantitative estimate of drug-likeness (QED) is 0.869. The van der Waals surface area contributed by atoms with Crippen LogP contribution in [0, 0.1) is 0 Å². The van der Waals surface area contributed by atoms with E-state index in [0.29, 0.717) is 6.04 Å². The molecular formula is C15H25N3O. The minimum atomic E-state index is 0.630. The largest absolute Gasteiger partial charge is 0.495 e. The van der Waals surface area contributed by atoms with Crippen molar-refractivity contribution in [2.75, 3.05) is 52.3 Å². The summed E-state index contributed by atoms with van der Waals surface area (Å²) in [6, 6.07) is 8.82. The summed E-state index contributed by atoms with van der Waals surface area (Å²) in [6.45, 7) is 4.38. The molecule has 2 rings (SSSR count). The van der Waals surface area contributed by atoms with Crippen molar-refractivity contribution in [3.8, 4) is 5.75 Å². The number of likely N-dealkylation sites (N-methyl/N-ethyl adjacent to an activating group) is 1. The minimum absolute atomic E-state index is 0.630. The number of nitrogens with zero attached hydrogens (tertiary/aromatic N) is 2. The molecule has 4 heteroatoms. The Morgan fingerprint density at radius 1 is 1.42 bits per heavy atom. The van der Waals surface area contributed by atoms with Gasteiger partial charge in [-0.1, -0.05) is 12.1 Å². The zero-order valence-electron chi connectivity index (χ0n) is 12.2. The Balaban J connectivity index is 1.91. The third-order valence-corrected chi connectivity index (χ3v) is 3.94. The molecule has 0 saturated carbocycles. The molecular weight excluding hydrogens is 238 g/mol. The predicted molar refractivity (Wildman–Crippen MR) is 80.2 cm³/mol. The van der Waals surface area contributed by atoms with E-state index >= 15 is 0 Å². The highest BCUT2D eigenvalue weighted by molar-refractivity contribution is 5.57. The second-order valence-corrected chi connectivity index (χ2v) is 5.22. The van der Waals surface area contributed by atoms with Gasteiger partial charge in [-0.15, -0.1) is 0 Å². The number of hydrogen-bond donors (Lipinski definition) is 1. The molecule has 1 heterocycles. The van der Waals surface area contributed by atoms with Crippen LogP contribution in [-0.4, -0.2) is 58.3 Å². The van der Waals surface area contributed by atoms with Gasteiger partial charge in [0.25, 0.3) is 0 Å². The molecule has 0 aliphatic carbocycles. The van der Waals surface area contributed by atoms with E-state index in [-0.39, 0.29) is 0 Å². The van der Waals surface area contributed by atoms with Crippen LogP contribution in [0.2, 0.25) is 0 Å². The van der Waals surface area contributed by atoms with Gasteiger partial charge in [-0.05, 0) is 25.6 Å². The molecule has 19 heavy (non-hydrogen) atoms. The Kier molecular flexibility index (Phi) is 5.05. The van der Waals surface area contributed by atoms with Gasteiger partial charge in [0.05, 0.1) is 12.8 Å². The molecule has 1 unspecified atom stereocenters. The lowest BCUT2D eigenvalue weighted by Gasteiger charge is -2.34. The summed E-state index contributed by atoms with van der Waals surface area (Å²) in [6.07, 6.45) is 1.16. The number of para-hydroxylation sites is 2. The van der Waals surface area contributed by atoms with Crippen molar-refractivity contribution in [1.82, 2.24) is 10.2 Å². The Morgan fingerprint density at radius 3 is 2.95 bits per heavy atom. The van der Waals surface area contributed by atoms with Crippen molar-refractivity contribution in [2.45, 2.75) is 12.5 Å². The molecule has 0 radical (unpaired) electrons. The van der Waals surface area contributed by atoms with Crippen molar-refractivity contribution in [3.63, 3.8) is 0 Å². The molecule has 1 atom stereocenters. The van der Waals surface area contributed by atoms with Crippen LogP contribution in [0.25, 0.3) is 0 Å². The summed E-state index contributed by atoms with van der Waals surface area (Å²) in [5.41, 5.74) is 1.16. The fourth-order valence-corrected chi connectivity index (χ4v) is 2.59. The van der Waals surface area contributed by atoms with Crippen LogP contribution in [0.4, 0.5) is 5.69 Å². The fourth-order valence-electron chi connectivity index (χ4n) is 2.59. The van der Waals surface area contributed by atoms with Gasteiger partial charge in [0.15, 0.2) is 0 Å². The van der Waals surface area contributed by atoms with E-state index < -0.39 is 0 Å². The van der Waals surface area contributed by atoms with E-state index in [1.807, 2.05) is 12.1 Å². The first-order valence-electron chi connectivity index (χ1n) is 6.97. The van der Waals surface area contributed by atoms with Crippen LogP contribution in [0.5, 0.6) is 5.75 Å². The molecule has 0 amide bonds. The summed E-state index contributed by atoms with van der Waals surface area (Å²) in [4.78, 5) is 4.73. The van der Waals surface area contributed by atoms with Crippen LogP contribution in [-0.2, 0) is 0 Å². The summed E-state index contributed by atoms with van der Waals surface area (Å²) in [7, 11) is 6.08. The van der Waals surface area contributed by atoms with Crippen molar-refractivity contribution in [2.24, 2.45) is 0 Å². The van der Waals surface area contributed by atoms with E-state index in [1.54, 1.807) is 7.11 Å². The topological polar surface area (TPSA) is 27.7 Å². The molecule has 1 fully saturated rings. The van der Waals surface area contributed by atoms with Gasteiger partial charge in [0.2, 0.25) is 0 Å². The van der Waals surface area contributed by atoms with Crippen molar-refractivity contribution >= 4 is 5.69 Å². The van der Waals surface area contributed by atoms with Gasteiger partial charge in [-0.2, -0.15) is 0 Å². The molecule has 0 spiro atoms. The lowest BCUT2D eigenvalue weighted by molar-refractivity contribution is 0.192. The molecule has 1 saturated heterocycles. The summed E-state index contributed by atoms with van der Waals surface area (Å²) in [5, 5.41) is 3.47. The van der Waals surface area contributed by atoms with Gasteiger partial charge < -0.3 is 19.9 Å². The van der Waals surface area contributed by atoms with Crippen LogP contribution in [0.15, 0.2) is 24.3 Å². The first kappa shape index (κ1) is 14.2. The third kappa shape index (κ3) is 3.61. The van der Waals surface area contributed by atoms with Crippen LogP contribution in [0.3, 0.4) is 0 Å². The number of piperazine rings is 1. The van der Waals surface area contributed by atoms with Crippen LogP contribution >= 0.6 is 0 Å². The maximum Gasteiger partial charge on any atom is 0.142 e. The summed E-state index contributed by atoms with van der Waals surface area (Å²) < 4.78 is 5.41. The normalized spacial score (nSPS) is 20.3. The molecule has 1 aromatic rings. The Bertz CT molecular complexity index is 397. The number of hydrogen-bond acceptors (Lipinski definition) is 4. The van der Waals surface area contributed by atoms with Gasteiger partial charge in [0, 0.05) is 39.3 Å². The first-order valence-corrected chi connectivity index (χ1v) is 6.97. The number of nitrogens with one attached hydrogen (secondary N) is 1. The number of rotatable bonds is 5. The molecule has 1 aliphatic heterocycles. The summed E-state index contributed by atoms with van der Waals surface area (Å²) in [5.74, 6) is 0.945. The van der Waals surface area contributed by atoms with Gasteiger partial charge in [-0.3, -0.25) is 0 Å². The molecule has 1 N–H and O–H groups in total. The molecule has 106 valence electrons. The van der Waals surface area contributed by atoms with Crippen molar-refractivity contribution in [1.29, 1.82) is 0 Å². The van der Waals surface area contributed by atoms with E-state index in [9.17, 15) is 0 Å². The molecule has 0 aromatic heterocycles. The second kappa shape index (κ2) is 6.78. The molecule has 4 nitrogen and oxygen atoms in total. The highest BCUT2D eigenvalue weighted by Gasteiger charge is 2.19. The average molecular weight is 263 g/mol. The molecule has 1 aromatic carbocycles.